The summed E-state index contributed by atoms with van der Waals surface area (Å²) in [6, 6.07) is 4.26. The van der Waals surface area contributed by atoms with E-state index in [1.165, 1.54) is 16.7 Å². The van der Waals surface area contributed by atoms with Gasteiger partial charge in [0.05, 0.1) is 0 Å². The lowest BCUT2D eigenvalue weighted by atomic mass is 10.1. The SMILES string of the molecule is C=C(C)C(C)Oc1cc(C)cc(C)c1C. The first-order chi connectivity index (χ1) is 6.91. The summed E-state index contributed by atoms with van der Waals surface area (Å²) < 4.78 is 5.87. The van der Waals surface area contributed by atoms with Gasteiger partial charge in [0, 0.05) is 0 Å². The highest BCUT2D eigenvalue weighted by Gasteiger charge is 2.08. The smallest absolute Gasteiger partial charge is 0.123 e. The van der Waals surface area contributed by atoms with Crippen molar-refractivity contribution in [2.75, 3.05) is 0 Å². The molecule has 0 aliphatic carbocycles. The second kappa shape index (κ2) is 4.52. The first-order valence-corrected chi connectivity index (χ1v) is 5.31. The monoisotopic (exact) mass is 204 g/mol. The van der Waals surface area contributed by atoms with Crippen LogP contribution in [0.3, 0.4) is 0 Å². The van der Waals surface area contributed by atoms with E-state index >= 15 is 0 Å². The molecule has 0 radical (unpaired) electrons. The number of aryl methyl sites for hydroxylation is 2. The van der Waals surface area contributed by atoms with Crippen molar-refractivity contribution in [3.05, 3.63) is 41.0 Å². The van der Waals surface area contributed by atoms with Crippen molar-refractivity contribution in [1.82, 2.24) is 0 Å². The minimum absolute atomic E-state index is 0.0740. The molecule has 0 heterocycles. The number of hydrogen-bond donors (Lipinski definition) is 0. The molecule has 0 N–H and O–H groups in total. The van der Waals surface area contributed by atoms with Crippen molar-refractivity contribution in [3.8, 4) is 5.75 Å². The summed E-state index contributed by atoms with van der Waals surface area (Å²) in [5, 5.41) is 0. The van der Waals surface area contributed by atoms with Gasteiger partial charge in [-0.2, -0.15) is 0 Å². The van der Waals surface area contributed by atoms with Crippen LogP contribution in [0.2, 0.25) is 0 Å². The first kappa shape index (κ1) is 11.8. The van der Waals surface area contributed by atoms with E-state index in [4.69, 9.17) is 4.74 Å². The fourth-order valence-electron chi connectivity index (χ4n) is 1.41. The summed E-state index contributed by atoms with van der Waals surface area (Å²) in [5.74, 6) is 0.975. The summed E-state index contributed by atoms with van der Waals surface area (Å²) >= 11 is 0. The lowest BCUT2D eigenvalue weighted by Crippen LogP contribution is -2.13. The molecule has 1 atom stereocenters. The zero-order valence-electron chi connectivity index (χ0n) is 10.3. The van der Waals surface area contributed by atoms with Crippen LogP contribution in [0.15, 0.2) is 24.3 Å². The second-order valence-corrected chi connectivity index (χ2v) is 4.31. The molecule has 0 fully saturated rings. The van der Waals surface area contributed by atoms with Gasteiger partial charge in [0.25, 0.3) is 0 Å². The summed E-state index contributed by atoms with van der Waals surface area (Å²) in [5.41, 5.74) is 4.78. The van der Waals surface area contributed by atoms with Crippen LogP contribution in [0.1, 0.15) is 30.5 Å². The Morgan fingerprint density at radius 3 is 2.40 bits per heavy atom. The van der Waals surface area contributed by atoms with Gasteiger partial charge < -0.3 is 4.74 Å². The first-order valence-electron chi connectivity index (χ1n) is 5.31. The predicted octanol–water partition coefficient (Wildman–Crippen LogP) is 3.96. The Hall–Kier alpha value is -1.24. The van der Waals surface area contributed by atoms with Crippen LogP contribution in [-0.4, -0.2) is 6.10 Å². The van der Waals surface area contributed by atoms with Crippen molar-refractivity contribution in [2.45, 2.75) is 40.7 Å². The van der Waals surface area contributed by atoms with Gasteiger partial charge in [-0.3, -0.25) is 0 Å². The van der Waals surface area contributed by atoms with Crippen LogP contribution >= 0.6 is 0 Å². The molecular formula is C14H20O. The Morgan fingerprint density at radius 1 is 1.27 bits per heavy atom. The van der Waals surface area contributed by atoms with Gasteiger partial charge in [-0.05, 0) is 62.9 Å². The van der Waals surface area contributed by atoms with Crippen LogP contribution in [-0.2, 0) is 0 Å². The lowest BCUT2D eigenvalue weighted by Gasteiger charge is -2.18. The molecule has 0 saturated heterocycles. The quantitative estimate of drug-likeness (QED) is 0.677. The average Bonchev–Trinajstić information content (AvgIpc) is 2.13. The fraction of sp³-hybridized carbons (Fsp3) is 0.429. The maximum absolute atomic E-state index is 5.87. The van der Waals surface area contributed by atoms with E-state index in [1.807, 2.05) is 13.8 Å². The average molecular weight is 204 g/mol. The molecule has 0 saturated carbocycles. The van der Waals surface area contributed by atoms with Crippen LogP contribution in [0.4, 0.5) is 0 Å². The largest absolute Gasteiger partial charge is 0.486 e. The third-order valence-corrected chi connectivity index (χ3v) is 2.76. The summed E-state index contributed by atoms with van der Waals surface area (Å²) in [6.07, 6.45) is 0.0740. The fourth-order valence-corrected chi connectivity index (χ4v) is 1.41. The van der Waals surface area contributed by atoms with Crippen molar-refractivity contribution in [2.24, 2.45) is 0 Å². The third kappa shape index (κ3) is 2.85. The van der Waals surface area contributed by atoms with Crippen LogP contribution in [0, 0.1) is 20.8 Å². The molecule has 0 aliphatic heterocycles. The maximum Gasteiger partial charge on any atom is 0.123 e. The molecule has 1 nitrogen and oxygen atoms in total. The van der Waals surface area contributed by atoms with Gasteiger partial charge in [-0.1, -0.05) is 12.6 Å². The molecule has 0 aromatic heterocycles. The van der Waals surface area contributed by atoms with Gasteiger partial charge in [0.1, 0.15) is 11.9 Å². The zero-order valence-corrected chi connectivity index (χ0v) is 10.3. The van der Waals surface area contributed by atoms with Gasteiger partial charge in [-0.25, -0.2) is 0 Å². The van der Waals surface area contributed by atoms with Crippen LogP contribution in [0.25, 0.3) is 0 Å². The van der Waals surface area contributed by atoms with Gasteiger partial charge in [0.2, 0.25) is 0 Å². The maximum atomic E-state index is 5.87. The molecule has 0 spiro atoms. The highest BCUT2D eigenvalue weighted by molar-refractivity contribution is 5.42. The minimum atomic E-state index is 0.0740. The van der Waals surface area contributed by atoms with Crippen LogP contribution in [0.5, 0.6) is 5.75 Å². The van der Waals surface area contributed by atoms with Crippen molar-refractivity contribution in [3.63, 3.8) is 0 Å². The topological polar surface area (TPSA) is 9.23 Å². The van der Waals surface area contributed by atoms with Crippen molar-refractivity contribution < 1.29 is 4.74 Å². The predicted molar refractivity (Wildman–Crippen MR) is 65.6 cm³/mol. The zero-order chi connectivity index (χ0) is 11.6. The van der Waals surface area contributed by atoms with E-state index < -0.39 is 0 Å². The highest BCUT2D eigenvalue weighted by Crippen LogP contribution is 2.25. The Bertz CT molecular complexity index is 377. The number of ether oxygens (including phenoxy) is 1. The van der Waals surface area contributed by atoms with Gasteiger partial charge in [0.15, 0.2) is 0 Å². The number of rotatable bonds is 3. The molecule has 0 amide bonds. The van der Waals surface area contributed by atoms with Crippen LogP contribution < -0.4 is 4.74 Å². The third-order valence-electron chi connectivity index (χ3n) is 2.76. The second-order valence-electron chi connectivity index (χ2n) is 4.31. The van der Waals surface area contributed by atoms with E-state index in [0.717, 1.165) is 11.3 Å². The molecule has 0 bridgehead atoms. The normalized spacial score (nSPS) is 12.3. The molecule has 1 rings (SSSR count). The standard InChI is InChI=1S/C14H20O/c1-9(2)13(6)15-14-8-10(3)7-11(4)12(14)5/h7-8,13H,1H2,2-6H3. The summed E-state index contributed by atoms with van der Waals surface area (Å²) in [7, 11) is 0. The number of hydrogen-bond acceptors (Lipinski definition) is 1. The Labute approximate surface area is 92.8 Å². The molecular weight excluding hydrogens is 184 g/mol. The van der Waals surface area contributed by atoms with E-state index in [9.17, 15) is 0 Å². The van der Waals surface area contributed by atoms with E-state index in [0.29, 0.717) is 0 Å². The Balaban J connectivity index is 2.99. The minimum Gasteiger partial charge on any atom is -0.486 e. The van der Waals surface area contributed by atoms with Crippen molar-refractivity contribution in [1.29, 1.82) is 0 Å². The van der Waals surface area contributed by atoms with E-state index in [-0.39, 0.29) is 6.10 Å². The molecule has 82 valence electrons. The molecule has 1 aromatic rings. The van der Waals surface area contributed by atoms with E-state index in [1.54, 1.807) is 0 Å². The Morgan fingerprint density at radius 2 is 1.87 bits per heavy atom. The highest BCUT2D eigenvalue weighted by atomic mass is 16.5. The Kier molecular flexibility index (Phi) is 3.57. The van der Waals surface area contributed by atoms with Gasteiger partial charge >= 0.3 is 0 Å². The summed E-state index contributed by atoms with van der Waals surface area (Å²) in [4.78, 5) is 0. The molecule has 15 heavy (non-hydrogen) atoms. The summed E-state index contributed by atoms with van der Waals surface area (Å²) in [6.45, 7) is 14.2. The van der Waals surface area contributed by atoms with Gasteiger partial charge in [-0.15, -0.1) is 0 Å². The molecule has 1 heteroatoms. The molecule has 1 aromatic carbocycles. The van der Waals surface area contributed by atoms with E-state index in [2.05, 4.69) is 39.5 Å². The lowest BCUT2D eigenvalue weighted by molar-refractivity contribution is 0.256. The van der Waals surface area contributed by atoms with Crippen molar-refractivity contribution >= 4 is 0 Å². The molecule has 0 aliphatic rings. The molecule has 1 unspecified atom stereocenters. The number of benzene rings is 1.